The van der Waals surface area contributed by atoms with Gasteiger partial charge in [-0.15, -0.1) is 0 Å². The third kappa shape index (κ3) is 6.71. The van der Waals surface area contributed by atoms with Crippen LogP contribution in [0, 0.1) is 11.3 Å². The van der Waals surface area contributed by atoms with Gasteiger partial charge in [0.25, 0.3) is 0 Å². The first-order chi connectivity index (χ1) is 4.91. The molecule has 0 heterocycles. The molecule has 10 heavy (non-hydrogen) atoms. The summed E-state index contributed by atoms with van der Waals surface area (Å²) in [6, 6.07) is 2.03. The van der Waals surface area contributed by atoms with Crippen molar-refractivity contribution in [3.05, 3.63) is 37.0 Å². The van der Waals surface area contributed by atoms with Gasteiger partial charge >= 0.3 is 0 Å². The summed E-state index contributed by atoms with van der Waals surface area (Å²) in [6.45, 7) is 3.53. The summed E-state index contributed by atoms with van der Waals surface area (Å²) < 4.78 is 0. The first-order valence-corrected chi connectivity index (χ1v) is 3.21. The van der Waals surface area contributed by atoms with E-state index in [1.807, 2.05) is 30.4 Å². The number of rotatable bonds is 4. The Morgan fingerprint density at radius 1 is 1.30 bits per heavy atom. The first kappa shape index (κ1) is 8.71. The summed E-state index contributed by atoms with van der Waals surface area (Å²) in [5.74, 6) is 0. The minimum atomic E-state index is 0.502. The molecule has 0 saturated heterocycles. The van der Waals surface area contributed by atoms with Crippen LogP contribution in [0.4, 0.5) is 0 Å². The Hall–Kier alpha value is -1.29. The van der Waals surface area contributed by atoms with Crippen molar-refractivity contribution in [3.63, 3.8) is 0 Å². The molecule has 0 aromatic heterocycles. The second kappa shape index (κ2) is 7.71. The van der Waals surface area contributed by atoms with Gasteiger partial charge in [-0.25, -0.2) is 0 Å². The van der Waals surface area contributed by atoms with Gasteiger partial charge in [0.05, 0.1) is 12.5 Å². The molecule has 0 spiro atoms. The molecule has 1 nitrogen and oxygen atoms in total. The highest BCUT2D eigenvalue weighted by molar-refractivity contribution is 5.02. The van der Waals surface area contributed by atoms with Gasteiger partial charge in [0.15, 0.2) is 0 Å². The molecule has 0 aliphatic carbocycles. The standard InChI is InChI=1S/C9H11N/c1-2-3-4-5-6-7-8-9-10/h2-4,6-7H,1,5,8H2. The molecular formula is C9H11N. The van der Waals surface area contributed by atoms with Crippen LogP contribution in [-0.4, -0.2) is 0 Å². The lowest BCUT2D eigenvalue weighted by molar-refractivity contribution is 1.30. The number of allylic oxidation sites excluding steroid dienone is 5. The molecule has 0 aromatic carbocycles. The Kier molecular flexibility index (Phi) is 6.72. The summed E-state index contributed by atoms with van der Waals surface area (Å²) in [5.41, 5.74) is 0. The van der Waals surface area contributed by atoms with Crippen LogP contribution in [0.1, 0.15) is 12.8 Å². The Labute approximate surface area is 62.0 Å². The Bertz CT molecular complexity index is 170. The van der Waals surface area contributed by atoms with Gasteiger partial charge in [-0.2, -0.15) is 5.26 Å². The van der Waals surface area contributed by atoms with Gasteiger partial charge < -0.3 is 0 Å². The maximum Gasteiger partial charge on any atom is 0.0663 e. The molecule has 52 valence electrons. The molecule has 0 atom stereocenters. The van der Waals surface area contributed by atoms with Crippen molar-refractivity contribution in [1.29, 1.82) is 5.26 Å². The predicted molar refractivity (Wildman–Crippen MR) is 43.3 cm³/mol. The largest absolute Gasteiger partial charge is 0.198 e. The summed E-state index contributed by atoms with van der Waals surface area (Å²) >= 11 is 0. The summed E-state index contributed by atoms with van der Waals surface area (Å²) in [5, 5.41) is 8.13. The fourth-order valence-electron chi connectivity index (χ4n) is 0.486. The predicted octanol–water partition coefficient (Wildman–Crippen LogP) is 2.59. The van der Waals surface area contributed by atoms with Crippen LogP contribution in [-0.2, 0) is 0 Å². The zero-order valence-electron chi connectivity index (χ0n) is 5.96. The van der Waals surface area contributed by atoms with Crippen LogP contribution in [0.3, 0.4) is 0 Å². The van der Waals surface area contributed by atoms with Crippen LogP contribution in [0.15, 0.2) is 37.0 Å². The quantitative estimate of drug-likeness (QED) is 0.427. The lowest BCUT2D eigenvalue weighted by Gasteiger charge is -1.77. The van der Waals surface area contributed by atoms with Gasteiger partial charge in [-0.3, -0.25) is 0 Å². The van der Waals surface area contributed by atoms with Gasteiger partial charge in [-0.1, -0.05) is 37.0 Å². The van der Waals surface area contributed by atoms with Gasteiger partial charge in [0, 0.05) is 0 Å². The number of nitrogens with zero attached hydrogens (tertiary/aromatic N) is 1. The monoisotopic (exact) mass is 133 g/mol. The molecule has 0 aromatic rings. The van der Waals surface area contributed by atoms with E-state index in [1.54, 1.807) is 6.08 Å². The topological polar surface area (TPSA) is 23.8 Å². The normalized spacial score (nSPS) is 10.3. The van der Waals surface area contributed by atoms with E-state index in [9.17, 15) is 0 Å². The molecule has 1 heteroatoms. The molecule has 0 amide bonds. The minimum absolute atomic E-state index is 0.502. The molecule has 0 rings (SSSR count). The third-order valence-corrected chi connectivity index (χ3v) is 0.920. The van der Waals surface area contributed by atoms with Gasteiger partial charge in [0.1, 0.15) is 0 Å². The smallest absolute Gasteiger partial charge is 0.0663 e. The van der Waals surface area contributed by atoms with Crippen LogP contribution < -0.4 is 0 Å². The Balaban J connectivity index is 3.28. The maximum atomic E-state index is 8.13. The zero-order valence-corrected chi connectivity index (χ0v) is 5.96. The van der Waals surface area contributed by atoms with E-state index in [1.165, 1.54) is 0 Å². The van der Waals surface area contributed by atoms with Gasteiger partial charge in [-0.05, 0) is 6.42 Å². The highest BCUT2D eigenvalue weighted by Crippen LogP contribution is 1.87. The van der Waals surface area contributed by atoms with Crippen LogP contribution in [0.2, 0.25) is 0 Å². The van der Waals surface area contributed by atoms with E-state index in [2.05, 4.69) is 6.58 Å². The summed E-state index contributed by atoms with van der Waals surface area (Å²) in [7, 11) is 0. The van der Waals surface area contributed by atoms with Crippen molar-refractivity contribution in [2.45, 2.75) is 12.8 Å². The molecule has 0 unspecified atom stereocenters. The average molecular weight is 133 g/mol. The first-order valence-electron chi connectivity index (χ1n) is 3.21. The van der Waals surface area contributed by atoms with Gasteiger partial charge in [0.2, 0.25) is 0 Å². The summed E-state index contributed by atoms with van der Waals surface area (Å²) in [4.78, 5) is 0. The Morgan fingerprint density at radius 3 is 2.70 bits per heavy atom. The van der Waals surface area contributed by atoms with Crippen molar-refractivity contribution in [1.82, 2.24) is 0 Å². The molecule has 0 radical (unpaired) electrons. The Morgan fingerprint density at radius 2 is 2.10 bits per heavy atom. The molecule has 0 aliphatic heterocycles. The van der Waals surface area contributed by atoms with E-state index in [0.29, 0.717) is 6.42 Å². The lowest BCUT2D eigenvalue weighted by atomic mass is 10.3. The second-order valence-corrected chi connectivity index (χ2v) is 1.73. The fourth-order valence-corrected chi connectivity index (χ4v) is 0.486. The van der Waals surface area contributed by atoms with Crippen LogP contribution >= 0.6 is 0 Å². The van der Waals surface area contributed by atoms with Crippen molar-refractivity contribution < 1.29 is 0 Å². The van der Waals surface area contributed by atoms with E-state index in [4.69, 9.17) is 5.26 Å². The average Bonchev–Trinajstić information content (AvgIpc) is 1.97. The van der Waals surface area contributed by atoms with E-state index in [0.717, 1.165) is 6.42 Å². The van der Waals surface area contributed by atoms with Crippen LogP contribution in [0.5, 0.6) is 0 Å². The highest BCUT2D eigenvalue weighted by Gasteiger charge is 1.69. The highest BCUT2D eigenvalue weighted by atomic mass is 14.2. The lowest BCUT2D eigenvalue weighted by Crippen LogP contribution is -1.58. The van der Waals surface area contributed by atoms with Crippen molar-refractivity contribution in [2.75, 3.05) is 0 Å². The van der Waals surface area contributed by atoms with Crippen molar-refractivity contribution >= 4 is 0 Å². The number of hydrogen-bond donors (Lipinski definition) is 0. The SMILES string of the molecule is C=CC=CCC=CCC#N. The fraction of sp³-hybridized carbons (Fsp3) is 0.222. The number of nitriles is 1. The molecule has 0 saturated carbocycles. The molecular weight excluding hydrogens is 122 g/mol. The summed E-state index contributed by atoms with van der Waals surface area (Å²) in [6.07, 6.45) is 10.8. The van der Waals surface area contributed by atoms with Crippen molar-refractivity contribution in [2.24, 2.45) is 0 Å². The molecule has 0 N–H and O–H groups in total. The minimum Gasteiger partial charge on any atom is -0.198 e. The third-order valence-electron chi connectivity index (χ3n) is 0.920. The zero-order chi connectivity index (χ0) is 7.66. The van der Waals surface area contributed by atoms with E-state index in [-0.39, 0.29) is 0 Å². The maximum absolute atomic E-state index is 8.13. The van der Waals surface area contributed by atoms with E-state index >= 15 is 0 Å². The molecule has 0 bridgehead atoms. The van der Waals surface area contributed by atoms with Crippen LogP contribution in [0.25, 0.3) is 0 Å². The number of hydrogen-bond acceptors (Lipinski definition) is 1. The van der Waals surface area contributed by atoms with Crippen molar-refractivity contribution in [3.8, 4) is 6.07 Å². The molecule has 0 fully saturated rings. The second-order valence-electron chi connectivity index (χ2n) is 1.73. The molecule has 0 aliphatic rings. The van der Waals surface area contributed by atoms with E-state index < -0.39 is 0 Å².